The van der Waals surface area contributed by atoms with Crippen LogP contribution >= 0.6 is 0 Å². The number of rotatable bonds is 3. The van der Waals surface area contributed by atoms with Gasteiger partial charge >= 0.3 is 6.18 Å². The Kier molecular flexibility index (Phi) is 4.25. The van der Waals surface area contributed by atoms with Crippen molar-refractivity contribution >= 4 is 5.91 Å². The average Bonchev–Trinajstić information content (AvgIpc) is 2.27. The highest BCUT2D eigenvalue weighted by Gasteiger charge is 2.54. The first-order valence-corrected chi connectivity index (χ1v) is 5.79. The zero-order valence-electron chi connectivity index (χ0n) is 11.0. The van der Waals surface area contributed by atoms with Gasteiger partial charge in [0, 0.05) is 0 Å². The van der Waals surface area contributed by atoms with E-state index in [0.29, 0.717) is 6.92 Å². The van der Waals surface area contributed by atoms with E-state index in [1.54, 1.807) is 25.1 Å². The smallest absolute Gasteiger partial charge is 0.348 e. The molecular weight excluding hydrogens is 257 g/mol. The van der Waals surface area contributed by atoms with Crippen molar-refractivity contribution in [1.29, 1.82) is 0 Å². The van der Waals surface area contributed by atoms with Crippen LogP contribution < -0.4 is 11.1 Å². The number of nitrogens with two attached hydrogens (primary N) is 1. The van der Waals surface area contributed by atoms with Crippen LogP contribution in [0.1, 0.15) is 31.0 Å². The molecule has 0 aliphatic rings. The lowest BCUT2D eigenvalue weighted by atomic mass is 10.00. The van der Waals surface area contributed by atoms with Crippen LogP contribution in [0.15, 0.2) is 24.3 Å². The van der Waals surface area contributed by atoms with Crippen LogP contribution in [0.2, 0.25) is 0 Å². The van der Waals surface area contributed by atoms with Gasteiger partial charge in [0.15, 0.2) is 5.54 Å². The number of carbonyl (C=O) groups excluding carboxylic acids is 1. The third-order valence-corrected chi connectivity index (χ3v) is 2.95. The van der Waals surface area contributed by atoms with E-state index in [0.717, 1.165) is 11.1 Å². The molecule has 0 saturated carbocycles. The SMILES string of the molecule is Cc1cccc([C@H](C)NC(=O)C(C)(N)C(F)(F)F)c1. The molecule has 1 aromatic rings. The Bertz CT molecular complexity index is 469. The first kappa shape index (κ1) is 15.5. The summed E-state index contributed by atoms with van der Waals surface area (Å²) < 4.78 is 37.8. The maximum atomic E-state index is 12.6. The second-order valence-corrected chi connectivity index (χ2v) is 4.81. The molecule has 0 aromatic heterocycles. The molecule has 1 aromatic carbocycles. The van der Waals surface area contributed by atoms with Crippen molar-refractivity contribution in [3.8, 4) is 0 Å². The van der Waals surface area contributed by atoms with Gasteiger partial charge in [-0.25, -0.2) is 0 Å². The molecule has 1 rings (SSSR count). The van der Waals surface area contributed by atoms with Crippen LogP contribution in [0.25, 0.3) is 0 Å². The van der Waals surface area contributed by atoms with Crippen LogP contribution in [0, 0.1) is 6.92 Å². The van der Waals surface area contributed by atoms with Gasteiger partial charge in [0.25, 0.3) is 0 Å². The molecule has 0 spiro atoms. The summed E-state index contributed by atoms with van der Waals surface area (Å²) in [5.41, 5.74) is 3.85. The molecule has 1 unspecified atom stereocenters. The highest BCUT2D eigenvalue weighted by atomic mass is 19.4. The second kappa shape index (κ2) is 5.21. The summed E-state index contributed by atoms with van der Waals surface area (Å²) in [6.07, 6.45) is -4.79. The van der Waals surface area contributed by atoms with Crippen LogP contribution in [0.5, 0.6) is 0 Å². The molecule has 0 saturated heterocycles. The monoisotopic (exact) mass is 274 g/mol. The van der Waals surface area contributed by atoms with E-state index < -0.39 is 23.7 Å². The number of alkyl halides is 3. The zero-order valence-corrected chi connectivity index (χ0v) is 11.0. The Labute approximate surface area is 110 Å². The zero-order chi connectivity index (χ0) is 14.8. The van der Waals surface area contributed by atoms with Gasteiger partial charge in [0.05, 0.1) is 6.04 Å². The summed E-state index contributed by atoms with van der Waals surface area (Å²) in [4.78, 5) is 11.6. The topological polar surface area (TPSA) is 55.1 Å². The average molecular weight is 274 g/mol. The number of benzene rings is 1. The van der Waals surface area contributed by atoms with E-state index >= 15 is 0 Å². The number of halogens is 3. The number of aryl methyl sites for hydroxylation is 1. The molecule has 0 heterocycles. The largest absolute Gasteiger partial charge is 0.415 e. The van der Waals surface area contributed by atoms with Gasteiger partial charge in [-0.3, -0.25) is 4.79 Å². The van der Waals surface area contributed by atoms with Gasteiger partial charge in [0.1, 0.15) is 0 Å². The highest BCUT2D eigenvalue weighted by molar-refractivity contribution is 5.86. The van der Waals surface area contributed by atoms with Crippen molar-refractivity contribution < 1.29 is 18.0 Å². The van der Waals surface area contributed by atoms with E-state index in [1.807, 2.05) is 13.0 Å². The Morgan fingerprint density at radius 3 is 2.42 bits per heavy atom. The van der Waals surface area contributed by atoms with Crippen molar-refractivity contribution in [1.82, 2.24) is 5.32 Å². The minimum atomic E-state index is -4.79. The van der Waals surface area contributed by atoms with Crippen molar-refractivity contribution in [2.75, 3.05) is 0 Å². The predicted molar refractivity (Wildman–Crippen MR) is 66.4 cm³/mol. The number of amides is 1. The van der Waals surface area contributed by atoms with E-state index in [4.69, 9.17) is 5.73 Å². The van der Waals surface area contributed by atoms with Crippen molar-refractivity contribution in [2.45, 2.75) is 38.5 Å². The standard InChI is InChI=1S/C13H17F3N2O/c1-8-5-4-6-10(7-8)9(2)18-11(19)12(3,17)13(14,15)16/h4-7,9H,17H2,1-3H3,(H,18,19)/t9-,12?/m0/s1. The molecule has 3 N–H and O–H groups in total. The van der Waals surface area contributed by atoms with Gasteiger partial charge in [-0.05, 0) is 26.3 Å². The Morgan fingerprint density at radius 2 is 1.95 bits per heavy atom. The fourth-order valence-corrected chi connectivity index (χ4v) is 1.50. The highest BCUT2D eigenvalue weighted by Crippen LogP contribution is 2.28. The summed E-state index contributed by atoms with van der Waals surface area (Å²) in [6, 6.07) is 6.63. The molecule has 3 nitrogen and oxygen atoms in total. The maximum absolute atomic E-state index is 12.6. The first-order valence-electron chi connectivity index (χ1n) is 5.79. The number of hydrogen-bond donors (Lipinski definition) is 2. The molecule has 106 valence electrons. The molecular formula is C13H17F3N2O. The van der Waals surface area contributed by atoms with Gasteiger partial charge < -0.3 is 11.1 Å². The quantitative estimate of drug-likeness (QED) is 0.889. The molecule has 19 heavy (non-hydrogen) atoms. The van der Waals surface area contributed by atoms with Crippen LogP contribution in [-0.2, 0) is 4.79 Å². The fraction of sp³-hybridized carbons (Fsp3) is 0.462. The van der Waals surface area contributed by atoms with Crippen molar-refractivity contribution in [3.63, 3.8) is 0 Å². The van der Waals surface area contributed by atoms with E-state index in [1.165, 1.54) is 0 Å². The van der Waals surface area contributed by atoms with E-state index in [2.05, 4.69) is 5.32 Å². The van der Waals surface area contributed by atoms with Crippen LogP contribution in [0.4, 0.5) is 13.2 Å². The van der Waals surface area contributed by atoms with Crippen LogP contribution in [0.3, 0.4) is 0 Å². The molecule has 0 bridgehead atoms. The minimum Gasteiger partial charge on any atom is -0.348 e. The van der Waals surface area contributed by atoms with Crippen molar-refractivity contribution in [2.24, 2.45) is 5.73 Å². The third-order valence-electron chi connectivity index (χ3n) is 2.95. The molecule has 6 heteroatoms. The lowest BCUT2D eigenvalue weighted by molar-refractivity contribution is -0.187. The Balaban J connectivity index is 2.83. The number of carbonyl (C=O) groups is 1. The van der Waals surface area contributed by atoms with Gasteiger partial charge in [0.2, 0.25) is 5.91 Å². The van der Waals surface area contributed by atoms with E-state index in [9.17, 15) is 18.0 Å². The second-order valence-electron chi connectivity index (χ2n) is 4.81. The molecule has 0 aliphatic heterocycles. The molecule has 2 atom stereocenters. The third kappa shape index (κ3) is 3.47. The summed E-state index contributed by atoms with van der Waals surface area (Å²) in [7, 11) is 0. The van der Waals surface area contributed by atoms with Gasteiger partial charge in [-0.15, -0.1) is 0 Å². The Hall–Kier alpha value is -1.56. The predicted octanol–water partition coefficient (Wildman–Crippen LogP) is 2.45. The summed E-state index contributed by atoms with van der Waals surface area (Å²) >= 11 is 0. The number of nitrogens with one attached hydrogen (secondary N) is 1. The fourth-order valence-electron chi connectivity index (χ4n) is 1.50. The summed E-state index contributed by atoms with van der Waals surface area (Å²) in [5.74, 6) is -1.24. The van der Waals surface area contributed by atoms with Crippen LogP contribution in [-0.4, -0.2) is 17.6 Å². The minimum absolute atomic E-state index is 0.544. The normalized spacial score (nSPS) is 16.6. The first-order chi connectivity index (χ1) is 8.55. The maximum Gasteiger partial charge on any atom is 0.415 e. The summed E-state index contributed by atoms with van der Waals surface area (Å²) in [6.45, 7) is 4.13. The number of hydrogen-bond acceptors (Lipinski definition) is 2. The van der Waals surface area contributed by atoms with Gasteiger partial charge in [-0.1, -0.05) is 29.8 Å². The van der Waals surface area contributed by atoms with E-state index in [-0.39, 0.29) is 0 Å². The summed E-state index contributed by atoms with van der Waals surface area (Å²) in [5, 5.41) is 2.29. The lowest BCUT2D eigenvalue weighted by Crippen LogP contribution is -2.61. The molecule has 0 radical (unpaired) electrons. The molecule has 0 aliphatic carbocycles. The van der Waals surface area contributed by atoms with Gasteiger partial charge in [-0.2, -0.15) is 13.2 Å². The lowest BCUT2D eigenvalue weighted by Gasteiger charge is -2.28. The molecule has 1 amide bonds. The van der Waals surface area contributed by atoms with Crippen molar-refractivity contribution in [3.05, 3.63) is 35.4 Å². The molecule has 0 fully saturated rings. The Morgan fingerprint density at radius 1 is 1.37 bits per heavy atom.